The number of esters is 1. The van der Waals surface area contributed by atoms with E-state index in [2.05, 4.69) is 10.2 Å². The van der Waals surface area contributed by atoms with E-state index >= 15 is 0 Å². The van der Waals surface area contributed by atoms with Gasteiger partial charge in [-0.05, 0) is 13.0 Å². The number of nitrogens with one attached hydrogen (secondary N) is 1. The molecule has 0 aromatic carbocycles. The van der Waals surface area contributed by atoms with Crippen molar-refractivity contribution >= 4 is 11.9 Å². The zero-order valence-electron chi connectivity index (χ0n) is 12.3. The van der Waals surface area contributed by atoms with Crippen LogP contribution in [0.2, 0.25) is 0 Å². The van der Waals surface area contributed by atoms with Gasteiger partial charge in [0.25, 0.3) is 0 Å². The number of nitrogens with zero attached hydrogens (tertiary/aromatic N) is 2. The number of ether oxygens (including phenoxy) is 1. The van der Waals surface area contributed by atoms with Gasteiger partial charge in [-0.2, -0.15) is 0 Å². The van der Waals surface area contributed by atoms with E-state index in [1.807, 2.05) is 25.8 Å². The maximum absolute atomic E-state index is 12.0. The Morgan fingerprint density at radius 1 is 1.21 bits per heavy atom. The van der Waals surface area contributed by atoms with E-state index in [0.717, 1.165) is 26.2 Å². The molecule has 110 valence electrons. The van der Waals surface area contributed by atoms with Gasteiger partial charge in [-0.15, -0.1) is 0 Å². The summed E-state index contributed by atoms with van der Waals surface area (Å²) in [6.07, 6.45) is 0. The molecule has 0 spiro atoms. The first-order valence-corrected chi connectivity index (χ1v) is 6.73. The van der Waals surface area contributed by atoms with Crippen LogP contribution in [0.1, 0.15) is 13.8 Å². The molecule has 0 radical (unpaired) electrons. The van der Waals surface area contributed by atoms with Crippen molar-refractivity contribution in [3.8, 4) is 0 Å². The summed E-state index contributed by atoms with van der Waals surface area (Å²) in [7, 11) is 3.41. The molecule has 6 nitrogen and oxygen atoms in total. The monoisotopic (exact) mass is 271 g/mol. The highest BCUT2D eigenvalue weighted by molar-refractivity contribution is 5.80. The molecule has 1 aliphatic rings. The lowest BCUT2D eigenvalue weighted by molar-refractivity contribution is -0.144. The standard InChI is InChI=1S/C13H25N3O3/c1-10(2)12(13(18)19-4)14-9-11(17)16-7-5-15(3)6-8-16/h10,12,14H,5-9H2,1-4H3. The van der Waals surface area contributed by atoms with Crippen LogP contribution < -0.4 is 5.32 Å². The van der Waals surface area contributed by atoms with Crippen LogP contribution >= 0.6 is 0 Å². The van der Waals surface area contributed by atoms with Gasteiger partial charge in [-0.1, -0.05) is 13.8 Å². The lowest BCUT2D eigenvalue weighted by Crippen LogP contribution is -2.52. The van der Waals surface area contributed by atoms with E-state index in [-0.39, 0.29) is 24.3 Å². The van der Waals surface area contributed by atoms with Crippen LogP contribution in [0.5, 0.6) is 0 Å². The third-order valence-corrected chi connectivity index (χ3v) is 3.45. The summed E-state index contributed by atoms with van der Waals surface area (Å²) >= 11 is 0. The van der Waals surface area contributed by atoms with Crippen molar-refractivity contribution in [1.82, 2.24) is 15.1 Å². The van der Waals surface area contributed by atoms with E-state index in [9.17, 15) is 9.59 Å². The minimum atomic E-state index is -0.429. The quantitative estimate of drug-likeness (QED) is 0.686. The summed E-state index contributed by atoms with van der Waals surface area (Å²) in [6, 6.07) is -0.429. The molecule has 1 saturated heterocycles. The Kier molecular flexibility index (Phi) is 6.24. The molecule has 1 amide bonds. The lowest BCUT2D eigenvalue weighted by atomic mass is 10.0. The molecule has 1 rings (SSSR count). The number of hydrogen-bond donors (Lipinski definition) is 1. The van der Waals surface area contributed by atoms with Crippen molar-refractivity contribution in [2.24, 2.45) is 5.92 Å². The predicted molar refractivity (Wildman–Crippen MR) is 72.7 cm³/mol. The highest BCUT2D eigenvalue weighted by Gasteiger charge is 2.25. The molecular weight excluding hydrogens is 246 g/mol. The van der Waals surface area contributed by atoms with Crippen LogP contribution in [-0.2, 0) is 14.3 Å². The van der Waals surface area contributed by atoms with E-state index in [1.165, 1.54) is 7.11 Å². The Morgan fingerprint density at radius 2 is 1.79 bits per heavy atom. The predicted octanol–water partition coefficient (Wildman–Crippen LogP) is -0.452. The smallest absolute Gasteiger partial charge is 0.323 e. The van der Waals surface area contributed by atoms with Gasteiger partial charge in [0.15, 0.2) is 0 Å². The first-order valence-electron chi connectivity index (χ1n) is 6.73. The SMILES string of the molecule is COC(=O)C(NCC(=O)N1CCN(C)CC1)C(C)C. The van der Waals surface area contributed by atoms with Crippen molar-refractivity contribution in [1.29, 1.82) is 0 Å². The fourth-order valence-electron chi connectivity index (χ4n) is 2.08. The molecule has 6 heteroatoms. The summed E-state index contributed by atoms with van der Waals surface area (Å²) in [5.74, 6) is -0.184. The van der Waals surface area contributed by atoms with Gasteiger partial charge in [-0.25, -0.2) is 0 Å². The number of carbonyl (C=O) groups excluding carboxylic acids is 2. The number of hydrogen-bond acceptors (Lipinski definition) is 5. The Morgan fingerprint density at radius 3 is 2.26 bits per heavy atom. The first kappa shape index (κ1) is 15.9. The van der Waals surface area contributed by atoms with Gasteiger partial charge in [0.05, 0.1) is 13.7 Å². The number of rotatable bonds is 5. The zero-order valence-corrected chi connectivity index (χ0v) is 12.3. The van der Waals surface area contributed by atoms with Crippen molar-refractivity contribution in [2.75, 3.05) is 46.9 Å². The number of likely N-dealkylation sites (N-methyl/N-ethyl adjacent to an activating group) is 1. The number of amides is 1. The second-order valence-corrected chi connectivity index (χ2v) is 5.31. The molecule has 1 aliphatic heterocycles. The average molecular weight is 271 g/mol. The van der Waals surface area contributed by atoms with Crippen LogP contribution in [0.4, 0.5) is 0 Å². The zero-order chi connectivity index (χ0) is 14.4. The van der Waals surface area contributed by atoms with E-state index in [1.54, 1.807) is 0 Å². The molecular formula is C13H25N3O3. The van der Waals surface area contributed by atoms with Gasteiger partial charge < -0.3 is 14.5 Å². The fraction of sp³-hybridized carbons (Fsp3) is 0.846. The molecule has 1 atom stereocenters. The summed E-state index contributed by atoms with van der Waals surface area (Å²) in [5, 5.41) is 3.00. The van der Waals surface area contributed by atoms with Gasteiger partial charge in [0.2, 0.25) is 5.91 Å². The second-order valence-electron chi connectivity index (χ2n) is 5.31. The number of methoxy groups -OCH3 is 1. The minimum absolute atomic E-state index is 0.0441. The third kappa shape index (κ3) is 4.80. The largest absolute Gasteiger partial charge is 0.468 e. The van der Waals surface area contributed by atoms with Gasteiger partial charge in [-0.3, -0.25) is 14.9 Å². The van der Waals surface area contributed by atoms with Crippen molar-refractivity contribution < 1.29 is 14.3 Å². The molecule has 0 saturated carbocycles. The van der Waals surface area contributed by atoms with Crippen molar-refractivity contribution in [3.05, 3.63) is 0 Å². The topological polar surface area (TPSA) is 61.9 Å². The molecule has 1 fully saturated rings. The number of carbonyl (C=O) groups is 2. The molecule has 0 bridgehead atoms. The van der Waals surface area contributed by atoms with Crippen LogP contribution in [-0.4, -0.2) is 74.6 Å². The molecule has 1 unspecified atom stereocenters. The Bertz CT molecular complexity index is 312. The molecule has 1 N–H and O–H groups in total. The van der Waals surface area contributed by atoms with Crippen LogP contribution in [0.15, 0.2) is 0 Å². The second kappa shape index (κ2) is 7.45. The van der Waals surface area contributed by atoms with Gasteiger partial charge >= 0.3 is 5.97 Å². The highest BCUT2D eigenvalue weighted by atomic mass is 16.5. The Hall–Kier alpha value is -1.14. The maximum atomic E-state index is 12.0. The average Bonchev–Trinajstić information content (AvgIpc) is 2.38. The lowest BCUT2D eigenvalue weighted by Gasteiger charge is -2.33. The van der Waals surface area contributed by atoms with Crippen molar-refractivity contribution in [3.63, 3.8) is 0 Å². The van der Waals surface area contributed by atoms with Crippen molar-refractivity contribution in [2.45, 2.75) is 19.9 Å². The highest BCUT2D eigenvalue weighted by Crippen LogP contribution is 2.04. The summed E-state index contributed by atoms with van der Waals surface area (Å²) in [4.78, 5) is 27.6. The normalized spacial score (nSPS) is 18.5. The summed E-state index contributed by atoms with van der Waals surface area (Å²) < 4.78 is 4.73. The van der Waals surface area contributed by atoms with Crippen LogP contribution in [0, 0.1) is 5.92 Å². The van der Waals surface area contributed by atoms with Gasteiger partial charge in [0.1, 0.15) is 6.04 Å². The van der Waals surface area contributed by atoms with E-state index in [4.69, 9.17) is 4.74 Å². The number of piperazine rings is 1. The van der Waals surface area contributed by atoms with E-state index < -0.39 is 6.04 Å². The first-order chi connectivity index (χ1) is 8.95. The van der Waals surface area contributed by atoms with E-state index in [0.29, 0.717) is 0 Å². The Labute approximate surface area is 115 Å². The van der Waals surface area contributed by atoms with Crippen LogP contribution in [0.25, 0.3) is 0 Å². The maximum Gasteiger partial charge on any atom is 0.323 e. The third-order valence-electron chi connectivity index (χ3n) is 3.45. The summed E-state index contributed by atoms with van der Waals surface area (Å²) in [6.45, 7) is 7.33. The minimum Gasteiger partial charge on any atom is -0.468 e. The molecule has 19 heavy (non-hydrogen) atoms. The fourth-order valence-corrected chi connectivity index (χ4v) is 2.08. The summed E-state index contributed by atoms with van der Waals surface area (Å²) in [5.41, 5.74) is 0. The van der Waals surface area contributed by atoms with Crippen LogP contribution in [0.3, 0.4) is 0 Å². The molecule has 0 aromatic heterocycles. The molecule has 0 aliphatic carbocycles. The molecule has 0 aromatic rings. The van der Waals surface area contributed by atoms with Gasteiger partial charge in [0, 0.05) is 26.2 Å². The molecule has 1 heterocycles. The Balaban J connectivity index is 2.41.